The van der Waals surface area contributed by atoms with Crippen LogP contribution in [0, 0.1) is 0 Å². The Balaban J connectivity index is 1.21. The van der Waals surface area contributed by atoms with Crippen LogP contribution in [0.15, 0.2) is 224 Å². The third-order valence-electron chi connectivity index (χ3n) is 14.6. The van der Waals surface area contributed by atoms with Crippen LogP contribution in [0.4, 0.5) is 17.1 Å². The lowest BCUT2D eigenvalue weighted by Gasteiger charge is -2.33. The molecule has 1 heterocycles. The molecule has 0 atom stereocenters. The van der Waals surface area contributed by atoms with Crippen molar-refractivity contribution in [2.45, 2.75) is 78.6 Å². The second kappa shape index (κ2) is 18.0. The smallest absolute Gasteiger partial charge is 0.0547 e. The van der Waals surface area contributed by atoms with Gasteiger partial charge in [-0.15, -0.1) is 0 Å². The lowest BCUT2D eigenvalue weighted by molar-refractivity contribution is 0.569. The number of para-hydroxylation sites is 4. The Morgan fingerprint density at radius 2 is 0.833 bits per heavy atom. The molecule has 2 nitrogen and oxygen atoms in total. The molecule has 0 N–H and O–H groups in total. The first-order chi connectivity index (χ1) is 34.6. The minimum atomic E-state index is -0.109. The van der Waals surface area contributed by atoms with Gasteiger partial charge in [0.1, 0.15) is 0 Å². The molecule has 72 heavy (non-hydrogen) atoms. The van der Waals surface area contributed by atoms with Gasteiger partial charge in [-0.3, -0.25) is 0 Å². The van der Waals surface area contributed by atoms with E-state index in [0.29, 0.717) is 0 Å². The molecule has 10 aromatic carbocycles. The van der Waals surface area contributed by atoms with Crippen molar-refractivity contribution in [2.75, 3.05) is 4.90 Å². The monoisotopic (exact) mass is 933 g/mol. The number of hydrogen-bond acceptors (Lipinski definition) is 1. The number of nitrogens with zero attached hydrogens (tertiary/aromatic N) is 2. The first kappa shape index (κ1) is 46.4. The molecule has 0 aliphatic rings. The van der Waals surface area contributed by atoms with E-state index < -0.39 is 0 Å². The van der Waals surface area contributed by atoms with Gasteiger partial charge in [-0.1, -0.05) is 244 Å². The third kappa shape index (κ3) is 8.49. The molecular formula is C70H64N2. The molecule has 0 fully saturated rings. The van der Waals surface area contributed by atoms with Crippen LogP contribution in [0.1, 0.15) is 79.0 Å². The standard InChI is InChI=1S/C70H64N2/c1-68(2,3)51-39-41-56(47-24-12-10-13-25-47)66(46-51)72(62-35-19-16-30-55(62)49-38-40-60-58-31-17-20-36-63(58)71(65(60)44-49)54-28-14-11-15-29-54)64-37-21-18-32-59(64)61-34-23-27-48-26-22-33-57(67(48)61)50-42-52(69(4,5)6)45-53(43-50)70(7,8)9/h10-46H,1-9H3. The quantitative estimate of drug-likeness (QED) is 0.147. The molecule has 0 aliphatic heterocycles. The predicted molar refractivity (Wildman–Crippen MR) is 311 cm³/mol. The Kier molecular flexibility index (Phi) is 11.6. The summed E-state index contributed by atoms with van der Waals surface area (Å²) in [5.74, 6) is 0. The van der Waals surface area contributed by atoms with E-state index >= 15 is 0 Å². The molecule has 1 aromatic heterocycles. The van der Waals surface area contributed by atoms with E-state index in [4.69, 9.17) is 0 Å². The van der Waals surface area contributed by atoms with Crippen molar-refractivity contribution in [2.24, 2.45) is 0 Å². The van der Waals surface area contributed by atoms with Crippen LogP contribution < -0.4 is 4.90 Å². The normalized spacial score (nSPS) is 12.2. The fourth-order valence-corrected chi connectivity index (χ4v) is 10.7. The molecule has 0 aliphatic carbocycles. The van der Waals surface area contributed by atoms with E-state index in [1.165, 1.54) is 77.1 Å². The Hall–Kier alpha value is -7.94. The summed E-state index contributed by atoms with van der Waals surface area (Å²) in [6.45, 7) is 20.9. The van der Waals surface area contributed by atoms with Crippen molar-refractivity contribution in [1.29, 1.82) is 0 Å². The summed E-state index contributed by atoms with van der Waals surface area (Å²) in [5, 5.41) is 4.94. The van der Waals surface area contributed by atoms with Crippen molar-refractivity contribution >= 4 is 49.6 Å². The zero-order valence-corrected chi connectivity index (χ0v) is 43.3. The van der Waals surface area contributed by atoms with E-state index in [0.717, 1.165) is 39.4 Å². The highest BCUT2D eigenvalue weighted by atomic mass is 15.2. The minimum Gasteiger partial charge on any atom is -0.309 e. The summed E-state index contributed by atoms with van der Waals surface area (Å²) < 4.78 is 2.42. The molecule has 0 spiro atoms. The first-order valence-electron chi connectivity index (χ1n) is 25.6. The van der Waals surface area contributed by atoms with Crippen LogP contribution in [-0.4, -0.2) is 4.57 Å². The molecular weight excluding hydrogens is 869 g/mol. The van der Waals surface area contributed by atoms with Gasteiger partial charge in [-0.25, -0.2) is 0 Å². The summed E-state index contributed by atoms with van der Waals surface area (Å²) in [4.78, 5) is 2.57. The predicted octanol–water partition coefficient (Wildman–Crippen LogP) is 20.0. The molecule has 2 heteroatoms. The molecule has 0 radical (unpaired) electrons. The Bertz CT molecular complexity index is 3760. The zero-order valence-electron chi connectivity index (χ0n) is 43.3. The summed E-state index contributed by atoms with van der Waals surface area (Å²) in [6.07, 6.45) is 0. The lowest BCUT2D eigenvalue weighted by Crippen LogP contribution is -2.17. The maximum atomic E-state index is 2.57. The highest BCUT2D eigenvalue weighted by molar-refractivity contribution is 6.12. The maximum absolute atomic E-state index is 2.57. The van der Waals surface area contributed by atoms with Gasteiger partial charge in [0.05, 0.1) is 28.1 Å². The van der Waals surface area contributed by atoms with E-state index in [1.54, 1.807) is 0 Å². The maximum Gasteiger partial charge on any atom is 0.0547 e. The minimum absolute atomic E-state index is 0.0232. The molecule has 0 saturated carbocycles. The largest absolute Gasteiger partial charge is 0.309 e. The van der Waals surface area contributed by atoms with Gasteiger partial charge in [-0.05, 0) is 114 Å². The zero-order chi connectivity index (χ0) is 49.9. The van der Waals surface area contributed by atoms with Crippen molar-refractivity contribution in [1.82, 2.24) is 4.57 Å². The van der Waals surface area contributed by atoms with Gasteiger partial charge < -0.3 is 9.47 Å². The van der Waals surface area contributed by atoms with E-state index in [1.807, 2.05) is 0 Å². The van der Waals surface area contributed by atoms with E-state index in [9.17, 15) is 0 Å². The van der Waals surface area contributed by atoms with Crippen LogP contribution in [0.2, 0.25) is 0 Å². The summed E-state index contributed by atoms with van der Waals surface area (Å²) in [5.41, 5.74) is 20.1. The van der Waals surface area contributed by atoms with Crippen molar-refractivity contribution in [3.05, 3.63) is 241 Å². The van der Waals surface area contributed by atoms with Gasteiger partial charge in [0, 0.05) is 33.2 Å². The van der Waals surface area contributed by atoms with Crippen molar-refractivity contribution in [3.63, 3.8) is 0 Å². The molecule has 11 rings (SSSR count). The fourth-order valence-electron chi connectivity index (χ4n) is 10.7. The number of aromatic nitrogens is 1. The number of benzene rings is 10. The highest BCUT2D eigenvalue weighted by Gasteiger charge is 2.28. The van der Waals surface area contributed by atoms with Crippen LogP contribution >= 0.6 is 0 Å². The van der Waals surface area contributed by atoms with Crippen LogP contribution in [-0.2, 0) is 16.2 Å². The topological polar surface area (TPSA) is 8.17 Å². The fraction of sp³-hybridized carbons (Fsp3) is 0.171. The Morgan fingerprint density at radius 3 is 1.50 bits per heavy atom. The van der Waals surface area contributed by atoms with Gasteiger partial charge in [0.2, 0.25) is 0 Å². The molecule has 11 aromatic rings. The number of fused-ring (bicyclic) bond motifs is 4. The highest BCUT2D eigenvalue weighted by Crippen LogP contribution is 2.51. The average Bonchev–Trinajstić information content (AvgIpc) is 3.72. The SMILES string of the molecule is CC(C)(C)c1cc(-c2cccc3cccc(-c4ccccc4N(c4ccccc4-c4ccc5c6ccccc6n(-c6ccccc6)c5c4)c4cc(C(C)(C)C)ccc4-c4ccccc4)c23)cc(C(C)(C)C)c1. The Morgan fingerprint density at radius 1 is 0.306 bits per heavy atom. The van der Waals surface area contributed by atoms with E-state index in [2.05, 4.69) is 296 Å². The van der Waals surface area contributed by atoms with Gasteiger partial charge in [0.15, 0.2) is 0 Å². The lowest BCUT2D eigenvalue weighted by atomic mass is 9.78. The number of anilines is 3. The summed E-state index contributed by atoms with van der Waals surface area (Å²) in [6, 6.07) is 83.8. The molecule has 0 saturated heterocycles. The number of hydrogen-bond donors (Lipinski definition) is 0. The second-order valence-electron chi connectivity index (χ2n) is 22.6. The number of rotatable bonds is 8. The van der Waals surface area contributed by atoms with Crippen LogP contribution in [0.25, 0.3) is 82.8 Å². The van der Waals surface area contributed by atoms with E-state index in [-0.39, 0.29) is 16.2 Å². The van der Waals surface area contributed by atoms with Crippen molar-refractivity contribution < 1.29 is 0 Å². The van der Waals surface area contributed by atoms with Crippen LogP contribution in [0.5, 0.6) is 0 Å². The molecule has 0 unspecified atom stereocenters. The summed E-state index contributed by atoms with van der Waals surface area (Å²) in [7, 11) is 0. The first-order valence-corrected chi connectivity index (χ1v) is 25.6. The van der Waals surface area contributed by atoms with Gasteiger partial charge >= 0.3 is 0 Å². The van der Waals surface area contributed by atoms with Crippen molar-refractivity contribution in [3.8, 4) is 50.2 Å². The molecule has 0 amide bonds. The summed E-state index contributed by atoms with van der Waals surface area (Å²) >= 11 is 0. The Labute approximate surface area is 426 Å². The molecule has 0 bridgehead atoms. The average molecular weight is 933 g/mol. The van der Waals surface area contributed by atoms with Gasteiger partial charge in [0.25, 0.3) is 0 Å². The van der Waals surface area contributed by atoms with Crippen LogP contribution in [0.3, 0.4) is 0 Å². The van der Waals surface area contributed by atoms with Gasteiger partial charge in [-0.2, -0.15) is 0 Å². The second-order valence-corrected chi connectivity index (χ2v) is 22.6. The molecule has 354 valence electrons. The third-order valence-corrected chi connectivity index (χ3v) is 14.6.